The summed E-state index contributed by atoms with van der Waals surface area (Å²) in [5, 5.41) is 13.5. The van der Waals surface area contributed by atoms with Crippen molar-refractivity contribution in [1.29, 1.82) is 0 Å². The lowest BCUT2D eigenvalue weighted by atomic mass is 9.96. The Kier molecular flexibility index (Phi) is 5.50. The molecule has 0 amide bonds. The fourth-order valence-corrected chi connectivity index (χ4v) is 4.96. The minimum Gasteiger partial charge on any atom is -0.268 e. The van der Waals surface area contributed by atoms with Crippen LogP contribution in [0.2, 0.25) is 0 Å². The first-order chi connectivity index (χ1) is 15.2. The van der Waals surface area contributed by atoms with Crippen molar-refractivity contribution < 1.29 is 4.39 Å². The number of rotatable bonds is 5. The maximum absolute atomic E-state index is 13.5. The number of hydrogen-bond donors (Lipinski definition) is 0. The summed E-state index contributed by atoms with van der Waals surface area (Å²) in [5.41, 5.74) is 1.03. The molecule has 0 unspecified atom stereocenters. The summed E-state index contributed by atoms with van der Waals surface area (Å²) in [4.78, 5) is 18.0. The van der Waals surface area contributed by atoms with E-state index in [0.717, 1.165) is 18.0 Å². The highest BCUT2D eigenvalue weighted by Crippen LogP contribution is 2.31. The minimum absolute atomic E-state index is 0.181. The van der Waals surface area contributed by atoms with Gasteiger partial charge in [-0.05, 0) is 59.7 Å². The Labute approximate surface area is 182 Å². The maximum Gasteiger partial charge on any atom is 0.265 e. The van der Waals surface area contributed by atoms with Crippen LogP contribution >= 0.6 is 11.8 Å². The molecule has 0 spiro atoms. The van der Waals surface area contributed by atoms with E-state index in [1.807, 2.05) is 22.9 Å². The molecule has 9 heteroatoms. The molecule has 31 heavy (non-hydrogen) atoms. The number of benzene rings is 2. The largest absolute Gasteiger partial charge is 0.268 e. The van der Waals surface area contributed by atoms with Gasteiger partial charge in [0.1, 0.15) is 11.6 Å². The van der Waals surface area contributed by atoms with Crippen molar-refractivity contribution in [2.24, 2.45) is 0 Å². The van der Waals surface area contributed by atoms with Gasteiger partial charge in [-0.3, -0.25) is 9.36 Å². The van der Waals surface area contributed by atoms with Crippen LogP contribution in [0.4, 0.5) is 4.39 Å². The third-order valence-corrected chi connectivity index (χ3v) is 6.57. The molecule has 4 aromatic rings. The molecule has 0 aliphatic heterocycles. The lowest BCUT2D eigenvalue weighted by Gasteiger charge is -2.22. The van der Waals surface area contributed by atoms with E-state index in [2.05, 4.69) is 15.5 Å². The molecular weight excluding hydrogens is 415 g/mol. The molecular formula is C22H21FN6OS. The molecule has 2 aromatic carbocycles. The first-order valence-electron chi connectivity index (χ1n) is 10.4. The number of para-hydroxylation sites is 1. The van der Waals surface area contributed by atoms with Gasteiger partial charge in [-0.25, -0.2) is 14.1 Å². The van der Waals surface area contributed by atoms with Crippen LogP contribution in [0.15, 0.2) is 58.5 Å². The second-order valence-electron chi connectivity index (χ2n) is 7.65. The van der Waals surface area contributed by atoms with Crippen molar-refractivity contribution in [2.75, 3.05) is 0 Å². The Morgan fingerprint density at radius 3 is 2.61 bits per heavy atom. The van der Waals surface area contributed by atoms with Crippen molar-refractivity contribution >= 4 is 22.7 Å². The topological polar surface area (TPSA) is 78.5 Å². The highest BCUT2D eigenvalue weighted by molar-refractivity contribution is 7.98. The summed E-state index contributed by atoms with van der Waals surface area (Å²) in [6.45, 7) is 0. The molecule has 0 saturated heterocycles. The van der Waals surface area contributed by atoms with Crippen LogP contribution in [0.1, 0.15) is 44.0 Å². The predicted octanol–water partition coefficient (Wildman–Crippen LogP) is 4.31. The van der Waals surface area contributed by atoms with Crippen LogP contribution in [0.3, 0.4) is 0 Å². The van der Waals surface area contributed by atoms with Crippen molar-refractivity contribution in [3.8, 4) is 5.69 Å². The van der Waals surface area contributed by atoms with Crippen molar-refractivity contribution in [3.05, 3.63) is 70.5 Å². The van der Waals surface area contributed by atoms with Crippen LogP contribution < -0.4 is 5.56 Å². The summed E-state index contributed by atoms with van der Waals surface area (Å²) < 4.78 is 16.9. The monoisotopic (exact) mass is 436 g/mol. The summed E-state index contributed by atoms with van der Waals surface area (Å²) >= 11 is 1.46. The molecule has 0 atom stereocenters. The van der Waals surface area contributed by atoms with E-state index in [4.69, 9.17) is 4.98 Å². The van der Waals surface area contributed by atoms with Gasteiger partial charge in [0.05, 0.1) is 28.4 Å². The smallest absolute Gasteiger partial charge is 0.265 e. The summed E-state index contributed by atoms with van der Waals surface area (Å²) in [6.07, 6.45) is 5.78. The van der Waals surface area contributed by atoms with E-state index in [9.17, 15) is 9.18 Å². The third-order valence-electron chi connectivity index (χ3n) is 5.64. The van der Waals surface area contributed by atoms with Gasteiger partial charge in [-0.2, -0.15) is 0 Å². The number of hydrogen-bond acceptors (Lipinski definition) is 6. The Bertz CT molecular complexity index is 1260. The van der Waals surface area contributed by atoms with Gasteiger partial charge < -0.3 is 0 Å². The molecule has 2 heterocycles. The molecule has 0 bridgehead atoms. The molecule has 1 aliphatic rings. The average molecular weight is 437 g/mol. The van der Waals surface area contributed by atoms with Crippen LogP contribution in [0, 0.1) is 5.82 Å². The number of halogens is 1. The Balaban J connectivity index is 1.53. The van der Waals surface area contributed by atoms with Gasteiger partial charge in [0.15, 0.2) is 0 Å². The summed E-state index contributed by atoms with van der Waals surface area (Å²) in [6, 6.07) is 13.4. The molecule has 1 fully saturated rings. The third kappa shape index (κ3) is 3.97. The van der Waals surface area contributed by atoms with Crippen LogP contribution in [0.5, 0.6) is 0 Å². The van der Waals surface area contributed by atoms with E-state index in [-0.39, 0.29) is 11.4 Å². The van der Waals surface area contributed by atoms with Crippen molar-refractivity contribution in [1.82, 2.24) is 29.8 Å². The fourth-order valence-electron chi connectivity index (χ4n) is 4.10. The highest BCUT2D eigenvalue weighted by atomic mass is 32.2. The van der Waals surface area contributed by atoms with Gasteiger partial charge in [-0.15, -0.1) is 5.10 Å². The Morgan fingerprint density at radius 1 is 1.03 bits per heavy atom. The van der Waals surface area contributed by atoms with Crippen LogP contribution in [0.25, 0.3) is 16.6 Å². The molecule has 1 aliphatic carbocycles. The Hall–Kier alpha value is -3.07. The highest BCUT2D eigenvalue weighted by Gasteiger charge is 2.21. The van der Waals surface area contributed by atoms with Crippen LogP contribution in [-0.4, -0.2) is 29.8 Å². The maximum atomic E-state index is 13.5. The van der Waals surface area contributed by atoms with Crippen molar-refractivity contribution in [3.63, 3.8) is 0 Å². The zero-order valence-electron chi connectivity index (χ0n) is 16.8. The number of thioether (sulfide) groups is 1. The van der Waals surface area contributed by atoms with E-state index in [1.165, 1.54) is 43.2 Å². The summed E-state index contributed by atoms with van der Waals surface area (Å²) in [7, 11) is 0. The molecule has 5 rings (SSSR count). The van der Waals surface area contributed by atoms with Gasteiger partial charge in [0, 0.05) is 0 Å². The van der Waals surface area contributed by atoms with Crippen molar-refractivity contribution in [2.45, 2.75) is 49.1 Å². The second-order valence-corrected chi connectivity index (χ2v) is 8.59. The normalized spacial score (nSPS) is 14.9. The number of nitrogens with zero attached hydrogens (tertiary/aromatic N) is 6. The van der Waals surface area contributed by atoms with E-state index >= 15 is 0 Å². The van der Waals surface area contributed by atoms with E-state index < -0.39 is 0 Å². The molecule has 158 valence electrons. The molecule has 1 saturated carbocycles. The first-order valence-corrected chi connectivity index (χ1v) is 11.4. The Morgan fingerprint density at radius 2 is 1.81 bits per heavy atom. The quantitative estimate of drug-likeness (QED) is 0.434. The van der Waals surface area contributed by atoms with E-state index in [0.29, 0.717) is 34.2 Å². The zero-order chi connectivity index (χ0) is 21.2. The lowest BCUT2D eigenvalue weighted by molar-refractivity contribution is 0.307. The fraction of sp³-hybridized carbons (Fsp3) is 0.318. The van der Waals surface area contributed by atoms with Gasteiger partial charge >= 0.3 is 0 Å². The number of aromatic nitrogens is 6. The zero-order valence-corrected chi connectivity index (χ0v) is 17.6. The molecule has 2 aromatic heterocycles. The average Bonchev–Trinajstić information content (AvgIpc) is 3.28. The standard InChI is InChI=1S/C22H21FN6OS/c23-15-10-12-16(13-11-15)28-20(24-19-9-5-4-8-18(19)21(28)30)14-31-22-25-26-27-29(22)17-6-2-1-3-7-17/h4-5,8-13,17H,1-3,6-7,14H2. The number of fused-ring (bicyclic) bond motifs is 1. The van der Waals surface area contributed by atoms with Gasteiger partial charge in [0.2, 0.25) is 5.16 Å². The molecule has 7 nitrogen and oxygen atoms in total. The lowest BCUT2D eigenvalue weighted by Crippen LogP contribution is -2.23. The van der Waals surface area contributed by atoms with Gasteiger partial charge in [0.25, 0.3) is 5.56 Å². The molecule has 0 N–H and O–H groups in total. The molecule has 0 radical (unpaired) electrons. The first kappa shape index (κ1) is 19.9. The second kappa shape index (κ2) is 8.58. The minimum atomic E-state index is -0.354. The van der Waals surface area contributed by atoms with Gasteiger partial charge in [-0.1, -0.05) is 43.2 Å². The predicted molar refractivity (Wildman–Crippen MR) is 117 cm³/mol. The number of tetrazole rings is 1. The van der Waals surface area contributed by atoms with E-state index in [1.54, 1.807) is 22.8 Å². The SMILES string of the molecule is O=c1c2ccccc2nc(CSc2nnnn2C2CCCCC2)n1-c1ccc(F)cc1. The van der Waals surface area contributed by atoms with Crippen LogP contribution in [-0.2, 0) is 5.75 Å². The summed E-state index contributed by atoms with van der Waals surface area (Å²) in [5.74, 6) is 0.622.